The average Bonchev–Trinajstić information content (AvgIpc) is 2.36. The molecule has 0 fully saturated rings. The van der Waals surface area contributed by atoms with Crippen molar-refractivity contribution in [1.82, 2.24) is 0 Å². The molecular formula is C15H15Cl2NO. The van der Waals surface area contributed by atoms with Gasteiger partial charge >= 0.3 is 0 Å². The molecule has 0 aliphatic rings. The van der Waals surface area contributed by atoms with Crippen LogP contribution in [-0.4, -0.2) is 5.11 Å². The molecule has 0 bridgehead atoms. The number of phenolic OH excluding ortho intramolecular Hbond substituents is 1. The fourth-order valence-corrected chi connectivity index (χ4v) is 2.38. The lowest BCUT2D eigenvalue weighted by molar-refractivity contribution is 0.471. The van der Waals surface area contributed by atoms with Crippen LogP contribution in [0.25, 0.3) is 0 Å². The first kappa shape index (κ1) is 14.0. The number of anilines is 1. The SMILES string of the molecule is Cc1cc(NC(C)c2cc(Cl)ccc2Cl)ccc1O. The number of benzene rings is 2. The molecule has 2 aromatic carbocycles. The van der Waals surface area contributed by atoms with Crippen LogP contribution in [0.3, 0.4) is 0 Å². The number of rotatable bonds is 3. The zero-order chi connectivity index (χ0) is 14.0. The highest BCUT2D eigenvalue weighted by atomic mass is 35.5. The van der Waals surface area contributed by atoms with E-state index in [1.165, 1.54) is 0 Å². The minimum absolute atomic E-state index is 0.0233. The first-order valence-corrected chi connectivity index (χ1v) is 6.74. The van der Waals surface area contributed by atoms with Gasteiger partial charge < -0.3 is 10.4 Å². The van der Waals surface area contributed by atoms with Gasteiger partial charge in [-0.3, -0.25) is 0 Å². The van der Waals surface area contributed by atoms with Crippen molar-refractivity contribution >= 4 is 28.9 Å². The lowest BCUT2D eigenvalue weighted by Gasteiger charge is -2.18. The maximum absolute atomic E-state index is 9.51. The molecule has 1 unspecified atom stereocenters. The second-order valence-corrected chi connectivity index (χ2v) is 5.38. The van der Waals surface area contributed by atoms with Gasteiger partial charge in [0.2, 0.25) is 0 Å². The van der Waals surface area contributed by atoms with Gasteiger partial charge in [0.25, 0.3) is 0 Å². The molecule has 0 aliphatic heterocycles. The first-order chi connectivity index (χ1) is 8.97. The highest BCUT2D eigenvalue weighted by Crippen LogP contribution is 2.29. The summed E-state index contributed by atoms with van der Waals surface area (Å²) in [7, 11) is 0. The molecule has 2 aromatic rings. The fraction of sp³-hybridized carbons (Fsp3) is 0.200. The summed E-state index contributed by atoms with van der Waals surface area (Å²) >= 11 is 12.2. The molecule has 0 aromatic heterocycles. The Morgan fingerprint density at radius 3 is 2.53 bits per heavy atom. The van der Waals surface area contributed by atoms with Gasteiger partial charge in [-0.25, -0.2) is 0 Å². The second-order valence-electron chi connectivity index (χ2n) is 4.53. The lowest BCUT2D eigenvalue weighted by atomic mass is 10.1. The third kappa shape index (κ3) is 3.34. The van der Waals surface area contributed by atoms with Crippen LogP contribution in [0, 0.1) is 6.92 Å². The van der Waals surface area contributed by atoms with E-state index in [4.69, 9.17) is 23.2 Å². The molecule has 0 spiro atoms. The van der Waals surface area contributed by atoms with Crippen molar-refractivity contribution in [3.63, 3.8) is 0 Å². The van der Waals surface area contributed by atoms with Crippen molar-refractivity contribution in [2.24, 2.45) is 0 Å². The van der Waals surface area contributed by atoms with Gasteiger partial charge in [0.05, 0.1) is 6.04 Å². The largest absolute Gasteiger partial charge is 0.508 e. The third-order valence-corrected chi connectivity index (χ3v) is 3.58. The molecular weight excluding hydrogens is 281 g/mol. The smallest absolute Gasteiger partial charge is 0.118 e. The van der Waals surface area contributed by atoms with Crippen molar-refractivity contribution in [2.75, 3.05) is 5.32 Å². The van der Waals surface area contributed by atoms with E-state index < -0.39 is 0 Å². The zero-order valence-electron chi connectivity index (χ0n) is 10.7. The summed E-state index contributed by atoms with van der Waals surface area (Å²) in [6, 6.07) is 10.8. The predicted molar refractivity (Wildman–Crippen MR) is 81.3 cm³/mol. The van der Waals surface area contributed by atoms with Crippen molar-refractivity contribution in [2.45, 2.75) is 19.9 Å². The summed E-state index contributed by atoms with van der Waals surface area (Å²) in [5.41, 5.74) is 2.70. The Labute approximate surface area is 123 Å². The Hall–Kier alpha value is -1.38. The number of hydrogen-bond donors (Lipinski definition) is 2. The minimum Gasteiger partial charge on any atom is -0.508 e. The van der Waals surface area contributed by atoms with Crippen LogP contribution in [0.1, 0.15) is 24.1 Å². The van der Waals surface area contributed by atoms with E-state index in [9.17, 15) is 5.11 Å². The third-order valence-electron chi connectivity index (χ3n) is 3.00. The van der Waals surface area contributed by atoms with Gasteiger partial charge in [-0.05, 0) is 61.4 Å². The molecule has 1 atom stereocenters. The molecule has 2 rings (SSSR count). The van der Waals surface area contributed by atoms with Gasteiger partial charge in [-0.2, -0.15) is 0 Å². The van der Waals surface area contributed by atoms with Gasteiger partial charge in [-0.15, -0.1) is 0 Å². The number of hydrogen-bond acceptors (Lipinski definition) is 2. The van der Waals surface area contributed by atoms with E-state index in [-0.39, 0.29) is 6.04 Å². The Kier molecular flexibility index (Phi) is 4.23. The van der Waals surface area contributed by atoms with Gasteiger partial charge in [0.1, 0.15) is 5.75 Å². The Morgan fingerprint density at radius 1 is 1.11 bits per heavy atom. The number of aryl methyl sites for hydroxylation is 1. The molecule has 4 heteroatoms. The van der Waals surface area contributed by atoms with Crippen LogP contribution in [0.4, 0.5) is 5.69 Å². The van der Waals surface area contributed by atoms with Crippen molar-refractivity contribution in [1.29, 1.82) is 0 Å². The zero-order valence-corrected chi connectivity index (χ0v) is 12.3. The predicted octanol–water partition coefficient (Wildman–Crippen LogP) is 5.18. The van der Waals surface area contributed by atoms with Crippen LogP contribution in [0.2, 0.25) is 10.0 Å². The summed E-state index contributed by atoms with van der Waals surface area (Å²) in [5.74, 6) is 0.291. The number of phenols is 1. The summed E-state index contributed by atoms with van der Waals surface area (Å²) in [6.07, 6.45) is 0. The average molecular weight is 296 g/mol. The van der Waals surface area contributed by atoms with E-state index in [0.29, 0.717) is 15.8 Å². The van der Waals surface area contributed by atoms with E-state index >= 15 is 0 Å². The Bertz CT molecular complexity index is 599. The Balaban J connectivity index is 2.22. The standard InChI is InChI=1S/C15H15Cl2NO/c1-9-7-12(4-6-15(9)19)18-10(2)13-8-11(16)3-5-14(13)17/h3-8,10,18-19H,1-2H3. The second kappa shape index (κ2) is 5.72. The summed E-state index contributed by atoms with van der Waals surface area (Å²) < 4.78 is 0. The van der Waals surface area contributed by atoms with Crippen molar-refractivity contribution in [3.8, 4) is 5.75 Å². The van der Waals surface area contributed by atoms with E-state index in [2.05, 4.69) is 5.32 Å². The van der Waals surface area contributed by atoms with Crippen LogP contribution < -0.4 is 5.32 Å². The van der Waals surface area contributed by atoms with Gasteiger partial charge in [0.15, 0.2) is 0 Å². The van der Waals surface area contributed by atoms with Crippen LogP contribution >= 0.6 is 23.2 Å². The fourth-order valence-electron chi connectivity index (χ4n) is 1.92. The van der Waals surface area contributed by atoms with Crippen LogP contribution in [0.15, 0.2) is 36.4 Å². The molecule has 0 amide bonds. The molecule has 100 valence electrons. The maximum Gasteiger partial charge on any atom is 0.118 e. The first-order valence-electron chi connectivity index (χ1n) is 5.98. The summed E-state index contributed by atoms with van der Waals surface area (Å²) in [5, 5.41) is 14.2. The summed E-state index contributed by atoms with van der Waals surface area (Å²) in [4.78, 5) is 0. The lowest BCUT2D eigenvalue weighted by Crippen LogP contribution is -2.07. The molecule has 19 heavy (non-hydrogen) atoms. The van der Waals surface area contributed by atoms with Crippen molar-refractivity contribution in [3.05, 3.63) is 57.6 Å². The molecule has 0 saturated carbocycles. The molecule has 0 radical (unpaired) electrons. The normalized spacial score (nSPS) is 12.2. The molecule has 2 nitrogen and oxygen atoms in total. The molecule has 2 N–H and O–H groups in total. The van der Waals surface area contributed by atoms with Gasteiger partial charge in [0, 0.05) is 15.7 Å². The topological polar surface area (TPSA) is 32.3 Å². The number of aromatic hydroxyl groups is 1. The minimum atomic E-state index is 0.0233. The van der Waals surface area contributed by atoms with E-state index in [0.717, 1.165) is 16.8 Å². The van der Waals surface area contributed by atoms with Crippen molar-refractivity contribution < 1.29 is 5.11 Å². The summed E-state index contributed by atoms with van der Waals surface area (Å²) in [6.45, 7) is 3.87. The molecule has 0 saturated heterocycles. The molecule has 0 heterocycles. The van der Waals surface area contributed by atoms with Gasteiger partial charge in [-0.1, -0.05) is 23.2 Å². The van der Waals surface area contributed by atoms with Crippen LogP contribution in [-0.2, 0) is 0 Å². The quantitative estimate of drug-likeness (QED) is 0.765. The highest BCUT2D eigenvalue weighted by Gasteiger charge is 2.10. The maximum atomic E-state index is 9.51. The Morgan fingerprint density at radius 2 is 1.84 bits per heavy atom. The van der Waals surface area contributed by atoms with E-state index in [1.54, 1.807) is 18.2 Å². The monoisotopic (exact) mass is 295 g/mol. The van der Waals surface area contributed by atoms with Crippen LogP contribution in [0.5, 0.6) is 5.75 Å². The number of halogens is 2. The van der Waals surface area contributed by atoms with E-state index in [1.807, 2.05) is 32.0 Å². The molecule has 0 aliphatic carbocycles. The highest BCUT2D eigenvalue weighted by molar-refractivity contribution is 6.33. The number of nitrogens with one attached hydrogen (secondary N) is 1.